The third-order valence-electron chi connectivity index (χ3n) is 1.51. The van der Waals surface area contributed by atoms with Gasteiger partial charge in [-0.05, 0) is 33.3 Å². The van der Waals surface area contributed by atoms with Crippen LogP contribution in [0, 0.1) is 0 Å². The van der Waals surface area contributed by atoms with Crippen LogP contribution in [0.4, 0.5) is 0 Å². The van der Waals surface area contributed by atoms with Gasteiger partial charge in [-0.1, -0.05) is 19.7 Å². The summed E-state index contributed by atoms with van der Waals surface area (Å²) in [7, 11) is 13.8. The predicted molar refractivity (Wildman–Crippen MR) is 116 cm³/mol. The summed E-state index contributed by atoms with van der Waals surface area (Å²) in [6, 6.07) is 0. The zero-order valence-corrected chi connectivity index (χ0v) is 21.4. The third-order valence-corrected chi connectivity index (χ3v) is 1.51. The highest BCUT2D eigenvalue weighted by Crippen LogP contribution is 1.89. The van der Waals surface area contributed by atoms with Gasteiger partial charge in [-0.15, -0.1) is 0 Å². The summed E-state index contributed by atoms with van der Waals surface area (Å²) in [5, 5.41) is 9.49. The van der Waals surface area contributed by atoms with E-state index < -0.39 is 5.97 Å². The molecule has 0 atom stereocenters. The van der Waals surface area contributed by atoms with Crippen molar-refractivity contribution in [2.75, 3.05) is 56.0 Å². The van der Waals surface area contributed by atoms with E-state index in [4.69, 9.17) is 0 Å². The van der Waals surface area contributed by atoms with E-state index >= 15 is 0 Å². The Balaban J connectivity index is -0.0000000611. The highest BCUT2D eigenvalue weighted by Gasteiger charge is 1.98. The van der Waals surface area contributed by atoms with E-state index in [-0.39, 0.29) is 29.9 Å². The number of nitrogens with one attached hydrogen (secondary N) is 2. The molecule has 0 aromatic rings. The maximum atomic E-state index is 10.4. The van der Waals surface area contributed by atoms with Gasteiger partial charge in [0.05, 0.1) is 62.0 Å². The number of carbonyl (C=O) groups is 3. The molecule has 0 bridgehead atoms. The van der Waals surface area contributed by atoms with Crippen LogP contribution < -0.4 is 27.3 Å². The second-order valence-electron chi connectivity index (χ2n) is 6.84. The first-order chi connectivity index (χ1) is 13.0. The molecule has 0 unspecified atom stereocenters. The van der Waals surface area contributed by atoms with Gasteiger partial charge in [0, 0.05) is 11.1 Å². The van der Waals surface area contributed by atoms with Gasteiger partial charge < -0.3 is 41.6 Å². The Bertz CT molecular complexity index is 480. The highest BCUT2D eigenvalue weighted by molar-refractivity contribution is 5.87. The molecule has 0 aliphatic carbocycles. The van der Waals surface area contributed by atoms with Crippen molar-refractivity contribution in [3.8, 4) is 0 Å². The molecule has 180 valence electrons. The van der Waals surface area contributed by atoms with Crippen molar-refractivity contribution in [3.05, 3.63) is 36.5 Å². The van der Waals surface area contributed by atoms with Gasteiger partial charge in [-0.2, -0.15) is 0 Å². The molecule has 0 aromatic heterocycles. The fourth-order valence-corrected chi connectivity index (χ4v) is 0.429. The van der Waals surface area contributed by atoms with Crippen LogP contribution in [-0.4, -0.2) is 73.9 Å². The monoisotopic (exact) mass is 454 g/mol. The lowest BCUT2D eigenvalue weighted by molar-refractivity contribution is -0.836. The average molecular weight is 455 g/mol. The number of hydrogen-bond acceptors (Lipinski definition) is 6. The van der Waals surface area contributed by atoms with E-state index in [9.17, 15) is 19.5 Å². The van der Waals surface area contributed by atoms with Gasteiger partial charge in [0.15, 0.2) is 0 Å². The molecule has 0 heterocycles. The Hall–Kier alpha value is -2.16. The summed E-state index contributed by atoms with van der Waals surface area (Å²) < 4.78 is 8.84. The highest BCUT2D eigenvalue weighted by atomic mass is 35.5. The predicted octanol–water partition coefficient (Wildman–Crippen LogP) is -4.30. The van der Waals surface area contributed by atoms with Gasteiger partial charge in [0.1, 0.15) is 0 Å². The summed E-state index contributed by atoms with van der Waals surface area (Å²) in [5.41, 5.74) is 0.948. The molecular formula is C21H43ClN2O6. The molecule has 0 aliphatic rings. The van der Waals surface area contributed by atoms with Crippen molar-refractivity contribution in [1.82, 2.24) is 0 Å². The van der Waals surface area contributed by atoms with Crippen molar-refractivity contribution in [2.24, 2.45) is 0 Å². The second-order valence-corrected chi connectivity index (χ2v) is 6.84. The first kappa shape index (κ1) is 42.0. The van der Waals surface area contributed by atoms with E-state index in [1.165, 1.54) is 23.8 Å². The van der Waals surface area contributed by atoms with Crippen LogP contribution in [-0.2, 0) is 23.9 Å². The molecular weight excluding hydrogens is 412 g/mol. The third kappa shape index (κ3) is 72.4. The number of methoxy groups -OCH3 is 1. The maximum Gasteiger partial charge on any atom is 0.333 e. The Morgan fingerprint density at radius 1 is 0.767 bits per heavy atom. The van der Waals surface area contributed by atoms with Crippen LogP contribution in [0.15, 0.2) is 36.5 Å². The van der Waals surface area contributed by atoms with E-state index in [0.717, 1.165) is 0 Å². The van der Waals surface area contributed by atoms with Crippen LogP contribution in [0.5, 0.6) is 0 Å². The smallest absolute Gasteiger partial charge is 0.333 e. The summed E-state index contributed by atoms with van der Waals surface area (Å²) in [4.78, 5) is 32.9. The lowest BCUT2D eigenvalue weighted by Crippen LogP contribution is -3.02. The van der Waals surface area contributed by atoms with Gasteiger partial charge in [-0.25, -0.2) is 9.59 Å². The van der Waals surface area contributed by atoms with E-state index in [2.05, 4.69) is 71.5 Å². The Morgan fingerprint density at radius 2 is 1.00 bits per heavy atom. The molecule has 0 radical (unpaired) electrons. The fourth-order valence-electron chi connectivity index (χ4n) is 0.429. The molecule has 0 fully saturated rings. The van der Waals surface area contributed by atoms with Gasteiger partial charge >= 0.3 is 11.9 Å². The molecule has 9 heteroatoms. The molecule has 0 rings (SSSR count). The van der Waals surface area contributed by atoms with Crippen LogP contribution in [0.25, 0.3) is 0 Å². The number of aliphatic carboxylic acids is 1. The van der Waals surface area contributed by atoms with Crippen LogP contribution >= 0.6 is 0 Å². The number of carboxylic acids is 1. The van der Waals surface area contributed by atoms with Gasteiger partial charge in [-0.3, -0.25) is 0 Å². The van der Waals surface area contributed by atoms with E-state index in [0.29, 0.717) is 17.8 Å². The zero-order valence-electron chi connectivity index (χ0n) is 20.7. The molecule has 0 aliphatic heterocycles. The minimum atomic E-state index is -1.19. The van der Waals surface area contributed by atoms with Crippen LogP contribution in [0.2, 0.25) is 0 Å². The number of halogens is 1. The van der Waals surface area contributed by atoms with Crippen LogP contribution in [0.3, 0.4) is 0 Å². The summed E-state index contributed by atoms with van der Waals surface area (Å²) in [6.45, 7) is 16.6. The molecule has 0 saturated carbocycles. The molecule has 0 saturated heterocycles. The second kappa shape index (κ2) is 29.0. The molecule has 0 amide bonds. The van der Waals surface area contributed by atoms with Gasteiger partial charge in [0.2, 0.25) is 0 Å². The first-order valence-corrected chi connectivity index (χ1v) is 8.94. The quantitative estimate of drug-likeness (QED) is 0.329. The van der Waals surface area contributed by atoms with Crippen molar-refractivity contribution < 1.29 is 51.2 Å². The normalized spacial score (nSPS) is 7.90. The van der Waals surface area contributed by atoms with E-state index in [1.54, 1.807) is 20.8 Å². The SMILES string of the molecule is C=C(C)C(=O)OC.C=C(C)C(=O)OCC.C=C(C)C(=O)[O-].C[NH+](C)C.C[NH+](C)C.[Cl-]. The van der Waals surface area contributed by atoms with Crippen molar-refractivity contribution >= 4 is 17.9 Å². The van der Waals surface area contributed by atoms with Crippen LogP contribution in [0.1, 0.15) is 27.7 Å². The number of ether oxygens (including phenoxy) is 2. The molecule has 2 N–H and O–H groups in total. The number of hydrogen-bond donors (Lipinski definition) is 2. The molecule has 8 nitrogen and oxygen atoms in total. The Morgan fingerprint density at radius 3 is 1.03 bits per heavy atom. The number of quaternary nitrogens is 2. The number of carboxylic acid groups (broad SMARTS) is 1. The minimum absolute atomic E-state index is 0. The zero-order chi connectivity index (χ0) is 24.7. The molecule has 0 spiro atoms. The van der Waals surface area contributed by atoms with Crippen molar-refractivity contribution in [3.63, 3.8) is 0 Å². The van der Waals surface area contributed by atoms with E-state index in [1.807, 2.05) is 0 Å². The number of esters is 2. The average Bonchev–Trinajstić information content (AvgIpc) is 2.54. The first-order valence-electron chi connectivity index (χ1n) is 8.94. The minimum Gasteiger partial charge on any atom is -1.00 e. The Labute approximate surface area is 189 Å². The lowest BCUT2D eigenvalue weighted by Gasteiger charge is -1.96. The molecule has 0 aromatic carbocycles. The van der Waals surface area contributed by atoms with Crippen molar-refractivity contribution in [1.29, 1.82) is 0 Å². The van der Waals surface area contributed by atoms with Gasteiger partial charge in [0.25, 0.3) is 0 Å². The maximum absolute atomic E-state index is 10.4. The summed E-state index contributed by atoms with van der Waals surface area (Å²) >= 11 is 0. The standard InChI is InChI=1S/C6H10O2.C5H8O2.C4H6O2.2C3H9N.ClH/c1-4-8-6(7)5(2)3;1-4(2)5(6)7-3;1-3(2)4(5)6;2*1-4(2)3;/h2,4H2,1,3H3;1H2,2-3H3;1H2,2H3,(H,5,6);2*1-3H3;1H. The summed E-state index contributed by atoms with van der Waals surface area (Å²) in [5.74, 6) is -1.84. The number of carbonyl (C=O) groups excluding carboxylic acids is 3. The Kier molecular flexibility index (Phi) is 40.7. The molecule has 30 heavy (non-hydrogen) atoms. The lowest BCUT2D eigenvalue weighted by atomic mass is 10.4. The summed E-state index contributed by atoms with van der Waals surface area (Å²) in [6.07, 6.45) is 0. The topological polar surface area (TPSA) is 102 Å². The fraction of sp³-hybridized carbons (Fsp3) is 0.571. The number of rotatable bonds is 4. The largest absolute Gasteiger partial charge is 1.00 e. The van der Waals surface area contributed by atoms with Crippen molar-refractivity contribution in [2.45, 2.75) is 27.7 Å².